The molecule has 24 heavy (non-hydrogen) atoms. The van der Waals surface area contributed by atoms with Gasteiger partial charge in [-0.25, -0.2) is 0 Å². The molecule has 0 aliphatic heterocycles. The summed E-state index contributed by atoms with van der Waals surface area (Å²) < 4.78 is 5.21. The quantitative estimate of drug-likeness (QED) is 0.664. The van der Waals surface area contributed by atoms with Gasteiger partial charge in [0.05, 0.1) is 0 Å². The summed E-state index contributed by atoms with van der Waals surface area (Å²) in [4.78, 5) is 18.2. The number of halogens is 1. The molecular weight excluding hydrogens is 346 g/mol. The second-order valence-corrected chi connectivity index (χ2v) is 6.62. The van der Waals surface area contributed by atoms with E-state index in [4.69, 9.17) is 16.1 Å². The van der Waals surface area contributed by atoms with Crippen LogP contribution in [-0.4, -0.2) is 28.0 Å². The van der Waals surface area contributed by atoms with Crippen LogP contribution in [0, 0.1) is 0 Å². The molecule has 0 bridgehead atoms. The van der Waals surface area contributed by atoms with E-state index in [2.05, 4.69) is 10.1 Å². The first-order valence-corrected chi connectivity index (χ1v) is 8.77. The number of rotatable bonds is 6. The van der Waals surface area contributed by atoms with Crippen molar-refractivity contribution in [2.24, 2.45) is 0 Å². The Hall–Kier alpha value is -2.18. The van der Waals surface area contributed by atoms with Gasteiger partial charge in [-0.2, -0.15) is 16.3 Å². The lowest BCUT2D eigenvalue weighted by molar-refractivity contribution is -0.130. The van der Waals surface area contributed by atoms with E-state index >= 15 is 0 Å². The van der Waals surface area contributed by atoms with Gasteiger partial charge in [0.25, 0.3) is 0 Å². The highest BCUT2D eigenvalue weighted by Gasteiger charge is 2.14. The van der Waals surface area contributed by atoms with E-state index in [0.717, 1.165) is 11.1 Å². The van der Waals surface area contributed by atoms with Gasteiger partial charge in [0.15, 0.2) is 0 Å². The van der Waals surface area contributed by atoms with Gasteiger partial charge < -0.3 is 9.42 Å². The first kappa shape index (κ1) is 16.7. The van der Waals surface area contributed by atoms with Gasteiger partial charge in [-0.1, -0.05) is 28.9 Å². The standard InChI is InChI=1S/C17H16ClN3O2S/c1-21(10-12-3-2-4-14(18)9-12)16(22)6-5-15-19-17(20-23-15)13-7-8-24-11-13/h2-4,7-9,11H,5-6,10H2,1H3. The van der Waals surface area contributed by atoms with Crippen molar-refractivity contribution in [3.8, 4) is 11.4 Å². The summed E-state index contributed by atoms with van der Waals surface area (Å²) >= 11 is 7.54. The minimum absolute atomic E-state index is 0.0188. The third kappa shape index (κ3) is 4.21. The molecule has 1 amide bonds. The maximum absolute atomic E-state index is 12.2. The molecule has 0 N–H and O–H groups in total. The molecular formula is C17H16ClN3O2S. The lowest BCUT2D eigenvalue weighted by Crippen LogP contribution is -2.26. The number of aryl methyl sites for hydroxylation is 1. The van der Waals surface area contributed by atoms with Crippen LogP contribution >= 0.6 is 22.9 Å². The monoisotopic (exact) mass is 361 g/mol. The van der Waals surface area contributed by atoms with Gasteiger partial charge in [-0.3, -0.25) is 4.79 Å². The van der Waals surface area contributed by atoms with Gasteiger partial charge in [0.1, 0.15) is 0 Å². The second-order valence-electron chi connectivity index (χ2n) is 5.40. The number of carbonyl (C=O) groups excluding carboxylic acids is 1. The molecule has 7 heteroatoms. The molecule has 1 aromatic carbocycles. The van der Waals surface area contributed by atoms with Crippen molar-refractivity contribution in [2.45, 2.75) is 19.4 Å². The molecule has 0 aliphatic carbocycles. The molecule has 2 heterocycles. The second kappa shape index (κ2) is 7.59. The van der Waals surface area contributed by atoms with E-state index in [9.17, 15) is 4.79 Å². The van der Waals surface area contributed by atoms with E-state index in [0.29, 0.717) is 36.1 Å². The first-order chi connectivity index (χ1) is 11.6. The Morgan fingerprint density at radius 3 is 3.00 bits per heavy atom. The highest BCUT2D eigenvalue weighted by molar-refractivity contribution is 7.08. The number of amides is 1. The molecule has 0 atom stereocenters. The zero-order chi connectivity index (χ0) is 16.9. The van der Waals surface area contributed by atoms with Gasteiger partial charge >= 0.3 is 0 Å². The van der Waals surface area contributed by atoms with E-state index in [1.54, 1.807) is 23.3 Å². The fraction of sp³-hybridized carbons (Fsp3) is 0.235. The average Bonchev–Trinajstić information content (AvgIpc) is 3.23. The Morgan fingerprint density at radius 2 is 2.25 bits per heavy atom. The zero-order valence-electron chi connectivity index (χ0n) is 13.1. The third-order valence-electron chi connectivity index (χ3n) is 3.53. The number of nitrogens with zero attached hydrogens (tertiary/aromatic N) is 3. The molecule has 0 unspecified atom stereocenters. The van der Waals surface area contributed by atoms with Crippen LogP contribution in [0.15, 0.2) is 45.6 Å². The van der Waals surface area contributed by atoms with Crippen molar-refractivity contribution in [1.29, 1.82) is 0 Å². The summed E-state index contributed by atoms with van der Waals surface area (Å²) in [5, 5.41) is 8.52. The van der Waals surface area contributed by atoms with Crippen LogP contribution in [0.4, 0.5) is 0 Å². The minimum Gasteiger partial charge on any atom is -0.341 e. The normalized spacial score (nSPS) is 10.8. The van der Waals surface area contributed by atoms with Gasteiger partial charge in [-0.05, 0) is 29.1 Å². The topological polar surface area (TPSA) is 59.2 Å². The Labute approximate surface area is 148 Å². The van der Waals surface area contributed by atoms with Crippen LogP contribution in [0.5, 0.6) is 0 Å². The molecule has 0 radical (unpaired) electrons. The van der Waals surface area contributed by atoms with Crippen molar-refractivity contribution in [3.05, 3.63) is 57.6 Å². The third-order valence-corrected chi connectivity index (χ3v) is 4.45. The number of benzene rings is 1. The first-order valence-electron chi connectivity index (χ1n) is 7.45. The maximum atomic E-state index is 12.2. The molecule has 0 aliphatic rings. The van der Waals surface area contributed by atoms with Crippen molar-refractivity contribution in [2.75, 3.05) is 7.05 Å². The number of carbonyl (C=O) groups is 1. The maximum Gasteiger partial charge on any atom is 0.227 e. The molecule has 0 saturated heterocycles. The van der Waals surface area contributed by atoms with Crippen LogP contribution in [0.1, 0.15) is 17.9 Å². The molecule has 3 aromatic rings. The molecule has 2 aromatic heterocycles. The fourth-order valence-electron chi connectivity index (χ4n) is 2.27. The highest BCUT2D eigenvalue weighted by atomic mass is 35.5. The van der Waals surface area contributed by atoms with Gasteiger partial charge in [0, 0.05) is 42.4 Å². The van der Waals surface area contributed by atoms with E-state index in [1.165, 1.54) is 0 Å². The minimum atomic E-state index is 0.0188. The summed E-state index contributed by atoms with van der Waals surface area (Å²) in [5.74, 6) is 1.05. The predicted molar refractivity (Wildman–Crippen MR) is 93.9 cm³/mol. The number of aromatic nitrogens is 2. The molecule has 5 nitrogen and oxygen atoms in total. The Balaban J connectivity index is 1.53. The summed E-state index contributed by atoms with van der Waals surface area (Å²) in [6, 6.07) is 9.42. The van der Waals surface area contributed by atoms with Gasteiger partial charge in [-0.15, -0.1) is 0 Å². The van der Waals surface area contributed by atoms with Crippen molar-refractivity contribution in [1.82, 2.24) is 15.0 Å². The number of thiophene rings is 1. The molecule has 0 spiro atoms. The Kier molecular flexibility index (Phi) is 5.27. The van der Waals surface area contributed by atoms with E-state index in [-0.39, 0.29) is 5.91 Å². The smallest absolute Gasteiger partial charge is 0.227 e. The Bertz CT molecular complexity index is 817. The summed E-state index contributed by atoms with van der Waals surface area (Å²) in [6.07, 6.45) is 0.748. The van der Waals surface area contributed by atoms with E-state index in [1.807, 2.05) is 41.1 Å². The molecule has 0 saturated carbocycles. The fourth-order valence-corrected chi connectivity index (χ4v) is 3.11. The highest BCUT2D eigenvalue weighted by Crippen LogP contribution is 2.19. The average molecular weight is 362 g/mol. The van der Waals surface area contributed by atoms with Crippen molar-refractivity contribution >= 4 is 28.8 Å². The largest absolute Gasteiger partial charge is 0.341 e. The van der Waals surface area contributed by atoms with Gasteiger partial charge in [0.2, 0.25) is 17.6 Å². The summed E-state index contributed by atoms with van der Waals surface area (Å²) in [5.41, 5.74) is 1.93. The number of hydrogen-bond donors (Lipinski definition) is 0. The molecule has 124 valence electrons. The number of hydrogen-bond acceptors (Lipinski definition) is 5. The molecule has 0 fully saturated rings. The van der Waals surface area contributed by atoms with Crippen LogP contribution in [-0.2, 0) is 17.8 Å². The summed E-state index contributed by atoms with van der Waals surface area (Å²) in [6.45, 7) is 0.517. The van der Waals surface area contributed by atoms with Crippen molar-refractivity contribution < 1.29 is 9.32 Å². The zero-order valence-corrected chi connectivity index (χ0v) is 14.7. The van der Waals surface area contributed by atoms with Crippen LogP contribution in [0.25, 0.3) is 11.4 Å². The van der Waals surface area contributed by atoms with Crippen LogP contribution in [0.3, 0.4) is 0 Å². The SMILES string of the molecule is CN(Cc1cccc(Cl)c1)C(=O)CCc1nc(-c2ccsc2)no1. The predicted octanol–water partition coefficient (Wildman–Crippen LogP) is 4.04. The Morgan fingerprint density at radius 1 is 1.38 bits per heavy atom. The van der Waals surface area contributed by atoms with E-state index < -0.39 is 0 Å². The lowest BCUT2D eigenvalue weighted by atomic mass is 10.2. The van der Waals surface area contributed by atoms with Crippen LogP contribution in [0.2, 0.25) is 5.02 Å². The van der Waals surface area contributed by atoms with Crippen molar-refractivity contribution in [3.63, 3.8) is 0 Å². The lowest BCUT2D eigenvalue weighted by Gasteiger charge is -2.17. The van der Waals surface area contributed by atoms with Crippen LogP contribution < -0.4 is 0 Å². The molecule has 3 rings (SSSR count). The summed E-state index contributed by atoms with van der Waals surface area (Å²) in [7, 11) is 1.77.